The lowest BCUT2D eigenvalue weighted by Gasteiger charge is -2.23. The number of hydrogen-bond donors (Lipinski definition) is 0. The Kier molecular flexibility index (Phi) is 13.0. The predicted molar refractivity (Wildman–Crippen MR) is 70.1 cm³/mol. The predicted octanol–water partition coefficient (Wildman–Crippen LogP) is 1.23. The molecule has 0 aliphatic heterocycles. The lowest BCUT2D eigenvalue weighted by Crippen LogP contribution is -3.00. The van der Waals surface area contributed by atoms with Crippen LogP contribution in [0.2, 0.25) is 0 Å². The Morgan fingerprint density at radius 3 is 1.38 bits per heavy atom. The standard InChI is InChI=1S/C14H32N.FH/c1-5-6-7-8-9-10-11-12-13-14-15(2,3)4;/h5-14H2,1-4H3;1H/q+1;/p-1. The lowest BCUT2D eigenvalue weighted by atomic mass is 10.1. The zero-order valence-corrected chi connectivity index (χ0v) is 11.9. The van der Waals surface area contributed by atoms with Crippen molar-refractivity contribution in [3.8, 4) is 0 Å². The van der Waals surface area contributed by atoms with Crippen LogP contribution in [-0.4, -0.2) is 32.2 Å². The summed E-state index contributed by atoms with van der Waals surface area (Å²) in [5, 5.41) is 0. The number of nitrogens with zero attached hydrogens (tertiary/aromatic N) is 1. The Morgan fingerprint density at radius 1 is 0.625 bits per heavy atom. The first-order valence-corrected chi connectivity index (χ1v) is 6.86. The summed E-state index contributed by atoms with van der Waals surface area (Å²) in [6.45, 7) is 3.61. The van der Waals surface area contributed by atoms with Crippen molar-refractivity contribution in [2.24, 2.45) is 0 Å². The highest BCUT2D eigenvalue weighted by Crippen LogP contribution is 2.10. The van der Waals surface area contributed by atoms with Gasteiger partial charge in [-0.15, -0.1) is 0 Å². The average molecular weight is 233 g/mol. The molecule has 0 radical (unpaired) electrons. The molecule has 0 amide bonds. The fourth-order valence-corrected chi connectivity index (χ4v) is 1.90. The molecule has 0 saturated carbocycles. The van der Waals surface area contributed by atoms with Crippen LogP contribution in [0, 0.1) is 0 Å². The van der Waals surface area contributed by atoms with Gasteiger partial charge < -0.3 is 9.19 Å². The maximum atomic E-state index is 2.28. The molecule has 0 aromatic rings. The molecular weight excluding hydrogens is 201 g/mol. The van der Waals surface area contributed by atoms with Crippen LogP contribution in [0.4, 0.5) is 0 Å². The molecule has 0 fully saturated rings. The Hall–Kier alpha value is -0.110. The molecule has 0 unspecified atom stereocenters. The van der Waals surface area contributed by atoms with Crippen molar-refractivity contribution in [3.05, 3.63) is 0 Å². The lowest BCUT2D eigenvalue weighted by molar-refractivity contribution is -0.870. The SMILES string of the molecule is CCCCCCCCCCC[N+](C)(C)C.[F-]. The highest BCUT2D eigenvalue weighted by Gasteiger charge is 2.04. The molecule has 0 rings (SSSR count). The Morgan fingerprint density at radius 2 is 1.00 bits per heavy atom. The van der Waals surface area contributed by atoms with Gasteiger partial charge in [0.15, 0.2) is 0 Å². The number of unbranched alkanes of at least 4 members (excludes halogenated alkanes) is 8. The van der Waals surface area contributed by atoms with Crippen LogP contribution in [-0.2, 0) is 0 Å². The molecule has 16 heavy (non-hydrogen) atoms. The van der Waals surface area contributed by atoms with Crippen molar-refractivity contribution in [2.75, 3.05) is 27.7 Å². The minimum Gasteiger partial charge on any atom is -1.00 e. The molecule has 0 aliphatic carbocycles. The second-order valence-electron chi connectivity index (χ2n) is 5.84. The van der Waals surface area contributed by atoms with Crippen LogP contribution >= 0.6 is 0 Å². The fourth-order valence-electron chi connectivity index (χ4n) is 1.90. The molecule has 0 aliphatic rings. The zero-order chi connectivity index (χ0) is 11.6. The van der Waals surface area contributed by atoms with Gasteiger partial charge in [0, 0.05) is 0 Å². The van der Waals surface area contributed by atoms with E-state index in [1.165, 1.54) is 64.3 Å². The first-order chi connectivity index (χ1) is 7.06. The normalized spacial score (nSPS) is 11.2. The third kappa shape index (κ3) is 16.3. The van der Waals surface area contributed by atoms with E-state index in [1.807, 2.05) is 0 Å². The van der Waals surface area contributed by atoms with Crippen molar-refractivity contribution >= 4 is 0 Å². The van der Waals surface area contributed by atoms with Crippen molar-refractivity contribution in [3.63, 3.8) is 0 Å². The molecule has 100 valence electrons. The topological polar surface area (TPSA) is 0 Å². The van der Waals surface area contributed by atoms with Gasteiger partial charge >= 0.3 is 0 Å². The smallest absolute Gasteiger partial charge is 0.0780 e. The van der Waals surface area contributed by atoms with Gasteiger partial charge in [0.05, 0.1) is 27.7 Å². The molecule has 0 heterocycles. The summed E-state index contributed by atoms with van der Waals surface area (Å²) in [4.78, 5) is 0. The zero-order valence-electron chi connectivity index (χ0n) is 11.9. The highest BCUT2D eigenvalue weighted by molar-refractivity contribution is 4.46. The summed E-state index contributed by atoms with van der Waals surface area (Å²) in [5.74, 6) is 0. The van der Waals surface area contributed by atoms with E-state index >= 15 is 0 Å². The van der Waals surface area contributed by atoms with Gasteiger partial charge in [0.25, 0.3) is 0 Å². The van der Waals surface area contributed by atoms with E-state index in [1.54, 1.807) is 0 Å². The number of quaternary nitrogens is 1. The van der Waals surface area contributed by atoms with E-state index in [0.717, 1.165) is 4.48 Å². The van der Waals surface area contributed by atoms with E-state index in [0.29, 0.717) is 0 Å². The minimum absolute atomic E-state index is 0. The highest BCUT2D eigenvalue weighted by atomic mass is 19.0. The Balaban J connectivity index is 0. The summed E-state index contributed by atoms with van der Waals surface area (Å²) in [7, 11) is 6.85. The average Bonchev–Trinajstić information content (AvgIpc) is 2.14. The Bertz CT molecular complexity index is 129. The molecule has 0 saturated heterocycles. The van der Waals surface area contributed by atoms with Crippen molar-refractivity contribution in [1.29, 1.82) is 0 Å². The maximum Gasteiger partial charge on any atom is 0.0780 e. The van der Waals surface area contributed by atoms with Gasteiger partial charge in [0.1, 0.15) is 0 Å². The second-order valence-corrected chi connectivity index (χ2v) is 5.84. The fraction of sp³-hybridized carbons (Fsp3) is 1.00. The van der Waals surface area contributed by atoms with Crippen molar-refractivity contribution in [1.82, 2.24) is 0 Å². The summed E-state index contributed by atoms with van der Waals surface area (Å²) < 4.78 is 1.12. The molecule has 0 bridgehead atoms. The van der Waals surface area contributed by atoms with Gasteiger partial charge in [-0.3, -0.25) is 0 Å². The van der Waals surface area contributed by atoms with Crippen molar-refractivity contribution < 1.29 is 9.19 Å². The summed E-state index contributed by atoms with van der Waals surface area (Å²) in [6, 6.07) is 0. The van der Waals surface area contributed by atoms with Gasteiger partial charge in [0.2, 0.25) is 0 Å². The molecule has 2 heteroatoms. The van der Waals surface area contributed by atoms with Crippen LogP contribution in [0.5, 0.6) is 0 Å². The quantitative estimate of drug-likeness (QED) is 0.393. The van der Waals surface area contributed by atoms with Crippen LogP contribution in [0.3, 0.4) is 0 Å². The third-order valence-electron chi connectivity index (χ3n) is 2.93. The summed E-state index contributed by atoms with van der Waals surface area (Å²) in [5.41, 5.74) is 0. The van der Waals surface area contributed by atoms with Gasteiger partial charge in [-0.05, 0) is 12.8 Å². The molecule has 0 N–H and O–H groups in total. The summed E-state index contributed by atoms with van der Waals surface area (Å²) >= 11 is 0. The number of hydrogen-bond acceptors (Lipinski definition) is 0. The third-order valence-corrected chi connectivity index (χ3v) is 2.93. The Labute approximate surface area is 102 Å². The van der Waals surface area contributed by atoms with Gasteiger partial charge in [-0.1, -0.05) is 51.9 Å². The molecule has 0 spiro atoms. The van der Waals surface area contributed by atoms with Crippen LogP contribution < -0.4 is 4.70 Å². The molecule has 0 atom stereocenters. The molecule has 0 aromatic heterocycles. The minimum atomic E-state index is 0. The maximum absolute atomic E-state index is 2.28. The van der Waals surface area contributed by atoms with E-state index in [9.17, 15) is 0 Å². The molecular formula is C14H32FN. The monoisotopic (exact) mass is 233 g/mol. The first-order valence-electron chi connectivity index (χ1n) is 6.86. The number of halogens is 1. The molecule has 1 nitrogen and oxygen atoms in total. The van der Waals surface area contributed by atoms with Gasteiger partial charge in [-0.2, -0.15) is 0 Å². The summed E-state index contributed by atoms with van der Waals surface area (Å²) in [6.07, 6.45) is 12.9. The number of rotatable bonds is 10. The van der Waals surface area contributed by atoms with Crippen LogP contribution in [0.15, 0.2) is 0 Å². The van der Waals surface area contributed by atoms with Crippen molar-refractivity contribution in [2.45, 2.75) is 64.7 Å². The van der Waals surface area contributed by atoms with Crippen LogP contribution in [0.25, 0.3) is 0 Å². The van der Waals surface area contributed by atoms with E-state index in [4.69, 9.17) is 0 Å². The largest absolute Gasteiger partial charge is 1.00 e. The second kappa shape index (κ2) is 11.4. The van der Waals surface area contributed by atoms with Crippen LogP contribution in [0.1, 0.15) is 64.7 Å². The van der Waals surface area contributed by atoms with E-state index in [2.05, 4.69) is 28.1 Å². The molecule has 0 aromatic carbocycles. The van der Waals surface area contributed by atoms with E-state index in [-0.39, 0.29) is 4.70 Å². The van der Waals surface area contributed by atoms with Gasteiger partial charge in [-0.25, -0.2) is 0 Å². The first kappa shape index (κ1) is 18.3. The van der Waals surface area contributed by atoms with E-state index < -0.39 is 0 Å².